The van der Waals surface area contributed by atoms with Gasteiger partial charge in [-0.3, -0.25) is 9.20 Å². The summed E-state index contributed by atoms with van der Waals surface area (Å²) in [7, 11) is 1.58. The normalized spacial score (nSPS) is 14.6. The summed E-state index contributed by atoms with van der Waals surface area (Å²) in [5, 5.41) is 2.98. The van der Waals surface area contributed by atoms with Crippen LogP contribution in [0.2, 0.25) is 0 Å². The van der Waals surface area contributed by atoms with Crippen LogP contribution in [0.1, 0.15) is 51.6 Å². The minimum Gasteiger partial charge on any atom is -0.495 e. The summed E-state index contributed by atoms with van der Waals surface area (Å²) in [6.07, 6.45) is -0.795. The molecule has 1 amide bonds. The highest BCUT2D eigenvalue weighted by Crippen LogP contribution is 2.34. The summed E-state index contributed by atoms with van der Waals surface area (Å²) in [6, 6.07) is 17.3. The van der Waals surface area contributed by atoms with Crippen molar-refractivity contribution in [3.05, 3.63) is 94.9 Å². The molecule has 0 atom stereocenters. The van der Waals surface area contributed by atoms with E-state index in [0.29, 0.717) is 29.3 Å². The molecule has 0 radical (unpaired) electrons. The fraction of sp³-hybridized carbons (Fsp3) is 0.310. The van der Waals surface area contributed by atoms with Crippen molar-refractivity contribution in [1.82, 2.24) is 14.7 Å². The standard InChI is InChI=1S/C29H29F3N4O2/c1-19-27(36-18-25(38-2)11-12-26(36)34-19)28(37)33-17-20-3-9-24(10-4-20)35-15-13-22(14-16-35)21-5-7-23(8-6-21)29(30,31)32/h3-12,18,22H,13-17H2,1-2H3,(H,33,37). The number of benzene rings is 2. The number of rotatable bonds is 6. The number of hydrogen-bond donors (Lipinski definition) is 1. The molecule has 6 nitrogen and oxygen atoms in total. The number of carbonyl (C=O) groups is 1. The highest BCUT2D eigenvalue weighted by molar-refractivity contribution is 5.94. The highest BCUT2D eigenvalue weighted by atomic mass is 19.4. The average Bonchev–Trinajstić information content (AvgIpc) is 3.26. The van der Waals surface area contributed by atoms with Crippen LogP contribution in [-0.2, 0) is 12.7 Å². The number of halogens is 3. The monoisotopic (exact) mass is 522 g/mol. The SMILES string of the molecule is COc1ccc2nc(C)c(C(=O)NCc3ccc(N4CCC(c5ccc(C(F)(F)F)cc5)CC4)cc3)n2c1. The molecule has 1 aliphatic rings. The lowest BCUT2D eigenvalue weighted by Gasteiger charge is -2.34. The molecule has 0 bridgehead atoms. The van der Waals surface area contributed by atoms with Gasteiger partial charge in [0.15, 0.2) is 0 Å². The number of anilines is 1. The minimum atomic E-state index is -4.31. The van der Waals surface area contributed by atoms with Crippen LogP contribution in [0.4, 0.5) is 18.9 Å². The van der Waals surface area contributed by atoms with E-state index in [4.69, 9.17) is 4.74 Å². The van der Waals surface area contributed by atoms with Crippen molar-refractivity contribution in [2.45, 2.75) is 38.4 Å². The summed E-state index contributed by atoms with van der Waals surface area (Å²) >= 11 is 0. The number of nitrogens with zero attached hydrogens (tertiary/aromatic N) is 3. The van der Waals surface area contributed by atoms with E-state index in [0.717, 1.165) is 42.7 Å². The number of pyridine rings is 1. The third kappa shape index (κ3) is 5.32. The maximum Gasteiger partial charge on any atom is 0.416 e. The number of alkyl halides is 3. The van der Waals surface area contributed by atoms with E-state index >= 15 is 0 Å². The molecule has 5 rings (SSSR count). The molecule has 3 heterocycles. The van der Waals surface area contributed by atoms with Crippen LogP contribution >= 0.6 is 0 Å². The van der Waals surface area contributed by atoms with Crippen molar-refractivity contribution in [3.8, 4) is 5.75 Å². The number of aromatic nitrogens is 2. The van der Waals surface area contributed by atoms with Crippen LogP contribution in [0, 0.1) is 6.92 Å². The van der Waals surface area contributed by atoms with Crippen molar-refractivity contribution < 1.29 is 22.7 Å². The Hall–Kier alpha value is -4.01. The Bertz CT molecular complexity index is 1420. The van der Waals surface area contributed by atoms with E-state index in [1.165, 1.54) is 12.1 Å². The lowest BCUT2D eigenvalue weighted by molar-refractivity contribution is -0.137. The molecule has 2 aromatic carbocycles. The van der Waals surface area contributed by atoms with Gasteiger partial charge in [0.25, 0.3) is 5.91 Å². The van der Waals surface area contributed by atoms with Crippen molar-refractivity contribution in [2.24, 2.45) is 0 Å². The van der Waals surface area contributed by atoms with Gasteiger partial charge in [0.2, 0.25) is 0 Å². The largest absolute Gasteiger partial charge is 0.495 e. The van der Waals surface area contributed by atoms with Gasteiger partial charge < -0.3 is 15.0 Å². The van der Waals surface area contributed by atoms with Crippen LogP contribution in [-0.4, -0.2) is 35.5 Å². The number of aryl methyl sites for hydroxylation is 1. The Labute approximate surface area is 219 Å². The number of methoxy groups -OCH3 is 1. The molecule has 0 aliphatic carbocycles. The zero-order valence-electron chi connectivity index (χ0n) is 21.3. The van der Waals surface area contributed by atoms with Crippen molar-refractivity contribution in [1.29, 1.82) is 0 Å². The van der Waals surface area contributed by atoms with Gasteiger partial charge in [0, 0.05) is 25.3 Å². The first-order valence-corrected chi connectivity index (χ1v) is 12.5. The van der Waals surface area contributed by atoms with Gasteiger partial charge in [-0.2, -0.15) is 13.2 Å². The molecular weight excluding hydrogens is 493 g/mol. The van der Waals surface area contributed by atoms with E-state index in [1.54, 1.807) is 29.8 Å². The topological polar surface area (TPSA) is 58.9 Å². The average molecular weight is 523 g/mol. The van der Waals surface area contributed by atoms with E-state index in [9.17, 15) is 18.0 Å². The zero-order valence-corrected chi connectivity index (χ0v) is 21.3. The summed E-state index contributed by atoms with van der Waals surface area (Å²) in [5.74, 6) is 0.687. The molecule has 2 aromatic heterocycles. The first-order chi connectivity index (χ1) is 18.2. The Morgan fingerprint density at radius 2 is 1.71 bits per heavy atom. The molecule has 1 fully saturated rings. The Balaban J connectivity index is 1.17. The van der Waals surface area contributed by atoms with E-state index < -0.39 is 11.7 Å². The number of carbonyl (C=O) groups excluding carboxylic acids is 1. The highest BCUT2D eigenvalue weighted by Gasteiger charge is 2.30. The second-order valence-corrected chi connectivity index (χ2v) is 9.57. The predicted octanol–water partition coefficient (Wildman–Crippen LogP) is 5.98. The molecule has 1 aliphatic heterocycles. The number of hydrogen-bond acceptors (Lipinski definition) is 4. The maximum absolute atomic E-state index is 13.0. The van der Waals surface area contributed by atoms with E-state index in [1.807, 2.05) is 43.3 Å². The summed E-state index contributed by atoms with van der Waals surface area (Å²) in [5.41, 5.74) is 4.23. The quantitative estimate of drug-likeness (QED) is 0.338. The summed E-state index contributed by atoms with van der Waals surface area (Å²) in [4.78, 5) is 19.7. The number of ether oxygens (including phenoxy) is 1. The lowest BCUT2D eigenvalue weighted by atomic mass is 9.88. The molecule has 0 spiro atoms. The number of fused-ring (bicyclic) bond motifs is 1. The van der Waals surface area contributed by atoms with Gasteiger partial charge in [-0.1, -0.05) is 24.3 Å². The third-order valence-electron chi connectivity index (χ3n) is 7.18. The molecule has 0 saturated carbocycles. The van der Waals surface area contributed by atoms with Crippen LogP contribution in [0.15, 0.2) is 66.9 Å². The molecule has 0 unspecified atom stereocenters. The van der Waals surface area contributed by atoms with Gasteiger partial charge in [-0.05, 0) is 73.2 Å². The zero-order chi connectivity index (χ0) is 26.9. The number of imidazole rings is 1. The molecular formula is C29H29F3N4O2. The fourth-order valence-electron chi connectivity index (χ4n) is 5.04. The van der Waals surface area contributed by atoms with Crippen LogP contribution in [0.5, 0.6) is 5.75 Å². The fourth-order valence-corrected chi connectivity index (χ4v) is 5.04. The van der Waals surface area contributed by atoms with Gasteiger partial charge in [0.05, 0.1) is 24.6 Å². The van der Waals surface area contributed by atoms with Gasteiger partial charge in [-0.25, -0.2) is 4.98 Å². The third-order valence-corrected chi connectivity index (χ3v) is 7.18. The summed E-state index contributed by atoms with van der Waals surface area (Å²) in [6.45, 7) is 3.85. The molecule has 198 valence electrons. The Morgan fingerprint density at radius 3 is 2.34 bits per heavy atom. The number of nitrogens with one attached hydrogen (secondary N) is 1. The molecule has 1 N–H and O–H groups in total. The van der Waals surface area contributed by atoms with Crippen LogP contribution < -0.4 is 15.0 Å². The van der Waals surface area contributed by atoms with Crippen molar-refractivity contribution >= 4 is 17.2 Å². The van der Waals surface area contributed by atoms with E-state index in [2.05, 4.69) is 15.2 Å². The molecule has 4 aromatic rings. The van der Waals surface area contributed by atoms with Crippen molar-refractivity contribution in [3.63, 3.8) is 0 Å². The Kier molecular flexibility index (Phi) is 7.01. The lowest BCUT2D eigenvalue weighted by Crippen LogP contribution is -2.32. The minimum absolute atomic E-state index is 0.210. The van der Waals surface area contributed by atoms with Gasteiger partial charge in [-0.15, -0.1) is 0 Å². The molecule has 38 heavy (non-hydrogen) atoms. The second-order valence-electron chi connectivity index (χ2n) is 9.57. The maximum atomic E-state index is 13.0. The van der Waals surface area contributed by atoms with E-state index in [-0.39, 0.29) is 11.8 Å². The smallest absolute Gasteiger partial charge is 0.416 e. The number of piperidine rings is 1. The van der Waals surface area contributed by atoms with Gasteiger partial charge in [0.1, 0.15) is 17.1 Å². The van der Waals surface area contributed by atoms with Crippen LogP contribution in [0.3, 0.4) is 0 Å². The number of amides is 1. The predicted molar refractivity (Wildman–Crippen MR) is 140 cm³/mol. The summed E-state index contributed by atoms with van der Waals surface area (Å²) < 4.78 is 45.5. The molecule has 1 saturated heterocycles. The van der Waals surface area contributed by atoms with Crippen molar-refractivity contribution in [2.75, 3.05) is 25.1 Å². The first-order valence-electron chi connectivity index (χ1n) is 12.5. The Morgan fingerprint density at radius 1 is 1.03 bits per heavy atom. The first kappa shape index (κ1) is 25.6. The second kappa shape index (κ2) is 10.4. The molecule has 9 heteroatoms. The van der Waals surface area contributed by atoms with Crippen LogP contribution in [0.25, 0.3) is 5.65 Å². The van der Waals surface area contributed by atoms with Gasteiger partial charge >= 0.3 is 6.18 Å².